The third-order valence-electron chi connectivity index (χ3n) is 1.06. The van der Waals surface area contributed by atoms with Crippen molar-refractivity contribution in [3.05, 3.63) is 0 Å². The lowest BCUT2D eigenvalue weighted by molar-refractivity contribution is 0.294. The molecule has 0 fully saturated rings. The van der Waals surface area contributed by atoms with Crippen LogP contribution in [0.15, 0.2) is 0 Å². The molecule has 0 spiro atoms. The van der Waals surface area contributed by atoms with Gasteiger partial charge in [-0.15, -0.1) is 0 Å². The van der Waals surface area contributed by atoms with Crippen molar-refractivity contribution in [2.24, 2.45) is 0 Å². The normalized spacial score (nSPS) is 12.5. The molecule has 0 aliphatic rings. The maximum Gasteiger partial charge on any atom is 0.159 e. The molecule has 2 unspecified atom stereocenters. The molecule has 0 aromatic carbocycles. The molecule has 2 atom stereocenters. The van der Waals surface area contributed by atoms with Crippen molar-refractivity contribution in [3.8, 4) is 6.07 Å². The fourth-order valence-electron chi connectivity index (χ4n) is 0.534. The summed E-state index contributed by atoms with van der Waals surface area (Å²) in [6.07, 6.45) is 0.742. The van der Waals surface area contributed by atoms with Crippen LogP contribution in [0.5, 0.6) is 0 Å². The van der Waals surface area contributed by atoms with E-state index in [9.17, 15) is 0 Å². The van der Waals surface area contributed by atoms with Crippen LogP contribution in [0.3, 0.4) is 0 Å². The lowest BCUT2D eigenvalue weighted by Gasteiger charge is -2.06. The Bertz CT molecular complexity index is 113. The maximum atomic E-state index is 8.40. The molecule has 58 valence electrons. The van der Waals surface area contributed by atoms with Crippen LogP contribution in [0, 0.1) is 11.3 Å². The Morgan fingerprint density at radius 2 is 2.50 bits per heavy atom. The van der Waals surface area contributed by atoms with E-state index in [4.69, 9.17) is 9.79 Å². The second-order valence-electron chi connectivity index (χ2n) is 1.96. The average molecular weight is 160 g/mol. The number of nitrogens with one attached hydrogen (secondary N) is 1. The van der Waals surface area contributed by atoms with E-state index in [1.165, 1.54) is 0 Å². The second kappa shape index (κ2) is 6.95. The minimum Gasteiger partial charge on any atom is -0.346 e. The van der Waals surface area contributed by atoms with Crippen molar-refractivity contribution in [1.82, 2.24) is 5.32 Å². The zero-order valence-corrected chi connectivity index (χ0v) is 7.29. The van der Waals surface area contributed by atoms with Gasteiger partial charge in [-0.05, 0) is 13.0 Å². The Balaban J connectivity index is 3.20. The summed E-state index contributed by atoms with van der Waals surface area (Å²) >= 11 is 0. The molecule has 0 bridgehead atoms. The van der Waals surface area contributed by atoms with Crippen LogP contribution in [0.4, 0.5) is 0 Å². The molecular formula is C6H13N2OP. The molecule has 0 saturated heterocycles. The lowest BCUT2D eigenvalue weighted by Crippen LogP contribution is -2.26. The topological polar surface area (TPSA) is 45.0 Å². The summed E-state index contributed by atoms with van der Waals surface area (Å²) in [5.41, 5.74) is 0. The molecule has 4 heteroatoms. The Hall–Kier alpha value is -0.160. The molecule has 0 saturated carbocycles. The van der Waals surface area contributed by atoms with E-state index >= 15 is 0 Å². The van der Waals surface area contributed by atoms with E-state index in [2.05, 4.69) is 21.7 Å². The Morgan fingerprint density at radius 3 is 2.90 bits per heavy atom. The highest BCUT2D eigenvalue weighted by atomic mass is 31.0. The first-order valence-electron chi connectivity index (χ1n) is 3.31. The first-order valence-corrected chi connectivity index (χ1v) is 3.78. The number of rotatable bonds is 5. The summed E-state index contributed by atoms with van der Waals surface area (Å²) in [5, 5.41) is 11.5. The van der Waals surface area contributed by atoms with Gasteiger partial charge in [-0.1, -0.05) is 6.92 Å². The Morgan fingerprint density at radius 1 is 1.80 bits per heavy atom. The summed E-state index contributed by atoms with van der Waals surface area (Å²) in [6.45, 7) is 3.62. The van der Waals surface area contributed by atoms with E-state index < -0.39 is 0 Å². The fraction of sp³-hybridized carbons (Fsp3) is 0.833. The van der Waals surface area contributed by atoms with Crippen molar-refractivity contribution in [3.63, 3.8) is 0 Å². The Labute approximate surface area is 64.0 Å². The Kier molecular flexibility index (Phi) is 6.84. The molecule has 0 aliphatic heterocycles. The van der Waals surface area contributed by atoms with Gasteiger partial charge in [0.15, 0.2) is 6.10 Å². The van der Waals surface area contributed by atoms with Gasteiger partial charge in [0, 0.05) is 16.0 Å². The molecule has 0 radical (unpaired) electrons. The summed E-state index contributed by atoms with van der Waals surface area (Å²) < 4.78 is 4.74. The van der Waals surface area contributed by atoms with E-state index in [0.29, 0.717) is 6.54 Å². The average Bonchev–Trinajstić information content (AvgIpc) is 1.99. The molecule has 3 nitrogen and oxygen atoms in total. The lowest BCUT2D eigenvalue weighted by atomic mass is 10.4. The number of hydrogen-bond donors (Lipinski definition) is 1. The molecule has 0 rings (SSSR count). The predicted molar refractivity (Wildman–Crippen MR) is 43.4 cm³/mol. The maximum absolute atomic E-state index is 8.40. The third kappa shape index (κ3) is 4.69. The molecular weight excluding hydrogens is 147 g/mol. The van der Waals surface area contributed by atoms with Crippen LogP contribution in [-0.2, 0) is 4.52 Å². The van der Waals surface area contributed by atoms with Gasteiger partial charge in [0.25, 0.3) is 0 Å². The SMILES string of the molecule is CCCNCC(C#N)OP. The molecule has 0 aliphatic carbocycles. The highest BCUT2D eigenvalue weighted by molar-refractivity contribution is 7.09. The van der Waals surface area contributed by atoms with Gasteiger partial charge in [0.05, 0.1) is 6.07 Å². The minimum absolute atomic E-state index is 0.337. The van der Waals surface area contributed by atoms with Gasteiger partial charge in [-0.2, -0.15) is 5.26 Å². The summed E-state index contributed by atoms with van der Waals surface area (Å²) in [7, 11) is 2.09. The smallest absolute Gasteiger partial charge is 0.159 e. The predicted octanol–water partition coefficient (Wildman–Crippen LogP) is 0.685. The van der Waals surface area contributed by atoms with Gasteiger partial charge >= 0.3 is 0 Å². The fourth-order valence-corrected chi connectivity index (χ4v) is 0.691. The summed E-state index contributed by atoms with van der Waals surface area (Å²) in [5.74, 6) is 0. The first kappa shape index (κ1) is 9.84. The number of nitrogens with zero attached hydrogens (tertiary/aromatic N) is 1. The molecule has 10 heavy (non-hydrogen) atoms. The van der Waals surface area contributed by atoms with Crippen LogP contribution in [0.1, 0.15) is 13.3 Å². The summed E-state index contributed by atoms with van der Waals surface area (Å²) in [4.78, 5) is 0. The number of nitriles is 1. The quantitative estimate of drug-likeness (QED) is 0.475. The zero-order valence-electron chi connectivity index (χ0n) is 6.13. The van der Waals surface area contributed by atoms with Crippen molar-refractivity contribution in [2.45, 2.75) is 19.4 Å². The van der Waals surface area contributed by atoms with Crippen LogP contribution in [-0.4, -0.2) is 19.2 Å². The zero-order chi connectivity index (χ0) is 7.82. The van der Waals surface area contributed by atoms with E-state index in [1.807, 2.05) is 6.07 Å². The van der Waals surface area contributed by atoms with Crippen molar-refractivity contribution >= 4 is 9.47 Å². The second-order valence-corrected chi connectivity index (χ2v) is 2.23. The van der Waals surface area contributed by atoms with Crippen LogP contribution in [0.2, 0.25) is 0 Å². The van der Waals surface area contributed by atoms with Gasteiger partial charge in [-0.3, -0.25) is 0 Å². The standard InChI is InChI=1S/C6H13N2OP/c1-2-3-8-5-6(4-7)9-10/h6,8H,2-3,5,10H2,1H3. The van der Waals surface area contributed by atoms with E-state index in [-0.39, 0.29) is 6.10 Å². The molecule has 0 aromatic rings. The third-order valence-corrected chi connectivity index (χ3v) is 1.39. The van der Waals surface area contributed by atoms with Gasteiger partial charge in [-0.25, -0.2) is 0 Å². The van der Waals surface area contributed by atoms with Crippen LogP contribution in [0.25, 0.3) is 0 Å². The van der Waals surface area contributed by atoms with Crippen LogP contribution < -0.4 is 5.32 Å². The van der Waals surface area contributed by atoms with Crippen molar-refractivity contribution in [1.29, 1.82) is 5.26 Å². The highest BCUT2D eigenvalue weighted by Crippen LogP contribution is 1.93. The molecule has 0 heterocycles. The molecule has 0 aromatic heterocycles. The van der Waals surface area contributed by atoms with E-state index in [1.54, 1.807) is 0 Å². The monoisotopic (exact) mass is 160 g/mol. The number of hydrogen-bond acceptors (Lipinski definition) is 3. The van der Waals surface area contributed by atoms with Crippen molar-refractivity contribution in [2.75, 3.05) is 13.1 Å². The summed E-state index contributed by atoms with van der Waals surface area (Å²) in [6, 6.07) is 2.01. The van der Waals surface area contributed by atoms with Crippen LogP contribution >= 0.6 is 9.47 Å². The van der Waals surface area contributed by atoms with E-state index in [0.717, 1.165) is 13.0 Å². The molecule has 1 N–H and O–H groups in total. The molecule has 0 amide bonds. The van der Waals surface area contributed by atoms with Gasteiger partial charge in [0.2, 0.25) is 0 Å². The first-order chi connectivity index (χ1) is 4.85. The minimum atomic E-state index is -0.337. The largest absolute Gasteiger partial charge is 0.346 e. The highest BCUT2D eigenvalue weighted by Gasteiger charge is 2.01. The van der Waals surface area contributed by atoms with Crippen molar-refractivity contribution < 1.29 is 4.52 Å². The van der Waals surface area contributed by atoms with Gasteiger partial charge < -0.3 is 9.84 Å². The van der Waals surface area contributed by atoms with Gasteiger partial charge in [0.1, 0.15) is 0 Å².